The van der Waals surface area contributed by atoms with Crippen LogP contribution in [0.15, 0.2) is 70.9 Å². The third kappa shape index (κ3) is 5.58. The van der Waals surface area contributed by atoms with Gasteiger partial charge < -0.3 is 31.6 Å². The van der Waals surface area contributed by atoms with E-state index >= 15 is 0 Å². The molecule has 0 aliphatic rings. The molecule has 154 valence electrons. The molecule has 0 saturated carbocycles. The second kappa shape index (κ2) is 9.73. The van der Waals surface area contributed by atoms with E-state index in [4.69, 9.17) is 20.9 Å². The standard InChI is InChI=1S/C20H22N8O2/c1-29-15-9-8-14(10-16(15)30-2)26-19(21)28-20(22)27-18-11-17(23-12-24-18)25-13-6-4-3-5-7-13/h3-12H,1-2H3,(H6,21,22,23,24,25,26,27,28). The van der Waals surface area contributed by atoms with Crippen LogP contribution in [0.1, 0.15) is 0 Å². The summed E-state index contributed by atoms with van der Waals surface area (Å²) >= 11 is 0. The molecular formula is C20H22N8O2. The molecule has 1 heterocycles. The molecule has 10 nitrogen and oxygen atoms in total. The van der Waals surface area contributed by atoms with E-state index in [9.17, 15) is 0 Å². The number of nitrogens with zero attached hydrogens (tertiary/aromatic N) is 4. The zero-order valence-electron chi connectivity index (χ0n) is 16.5. The normalized spacial score (nSPS) is 11.7. The first kappa shape index (κ1) is 20.4. The van der Waals surface area contributed by atoms with Gasteiger partial charge in [-0.2, -0.15) is 9.98 Å². The van der Waals surface area contributed by atoms with Gasteiger partial charge in [0.05, 0.1) is 14.2 Å². The molecule has 10 heteroatoms. The predicted octanol–water partition coefficient (Wildman–Crippen LogP) is 2.61. The molecule has 3 rings (SSSR count). The van der Waals surface area contributed by atoms with E-state index in [1.54, 1.807) is 38.5 Å². The van der Waals surface area contributed by atoms with Crippen molar-refractivity contribution in [3.63, 3.8) is 0 Å². The maximum absolute atomic E-state index is 5.92. The molecule has 0 fully saturated rings. The number of para-hydroxylation sites is 1. The Morgan fingerprint density at radius 2 is 1.67 bits per heavy atom. The summed E-state index contributed by atoms with van der Waals surface area (Å²) in [5.74, 6) is 2.05. The molecule has 0 bridgehead atoms. The molecule has 0 aliphatic heterocycles. The average molecular weight is 406 g/mol. The monoisotopic (exact) mass is 406 g/mol. The highest BCUT2D eigenvalue weighted by atomic mass is 16.5. The third-order valence-corrected chi connectivity index (χ3v) is 3.82. The Morgan fingerprint density at radius 3 is 2.40 bits per heavy atom. The molecule has 0 radical (unpaired) electrons. The number of aliphatic imine (C=N–C) groups is 2. The highest BCUT2D eigenvalue weighted by Crippen LogP contribution is 2.29. The van der Waals surface area contributed by atoms with Crippen LogP contribution in [0.25, 0.3) is 0 Å². The lowest BCUT2D eigenvalue weighted by molar-refractivity contribution is 0.355. The molecule has 0 saturated heterocycles. The van der Waals surface area contributed by atoms with Gasteiger partial charge in [0, 0.05) is 23.5 Å². The number of methoxy groups -OCH3 is 2. The molecule has 0 atom stereocenters. The summed E-state index contributed by atoms with van der Waals surface area (Å²) in [6.07, 6.45) is 1.38. The van der Waals surface area contributed by atoms with Crippen molar-refractivity contribution < 1.29 is 9.47 Å². The van der Waals surface area contributed by atoms with Gasteiger partial charge in [-0.15, -0.1) is 0 Å². The smallest absolute Gasteiger partial charge is 0.225 e. The number of guanidine groups is 2. The SMILES string of the molecule is COc1ccc(N/C(N)=N/C(N)=Nc2cc(Nc3ccccc3)ncn2)cc1OC. The molecule has 0 unspecified atom stereocenters. The summed E-state index contributed by atoms with van der Waals surface area (Å²) in [6.45, 7) is 0. The summed E-state index contributed by atoms with van der Waals surface area (Å²) in [4.78, 5) is 16.4. The summed E-state index contributed by atoms with van der Waals surface area (Å²) in [7, 11) is 3.11. The quantitative estimate of drug-likeness (QED) is 0.361. The van der Waals surface area contributed by atoms with Gasteiger partial charge in [0.25, 0.3) is 0 Å². The summed E-state index contributed by atoms with van der Waals surface area (Å²) < 4.78 is 10.5. The molecular weight excluding hydrogens is 384 g/mol. The lowest BCUT2D eigenvalue weighted by atomic mass is 10.3. The van der Waals surface area contributed by atoms with Gasteiger partial charge in [0.1, 0.15) is 12.1 Å². The second-order valence-electron chi connectivity index (χ2n) is 5.91. The van der Waals surface area contributed by atoms with Crippen molar-refractivity contribution in [3.05, 3.63) is 60.9 Å². The Labute approximate surface area is 173 Å². The topological polar surface area (TPSA) is 145 Å². The summed E-state index contributed by atoms with van der Waals surface area (Å²) in [5, 5.41) is 6.07. The van der Waals surface area contributed by atoms with Crippen LogP contribution in [0, 0.1) is 0 Å². The largest absolute Gasteiger partial charge is 0.493 e. The van der Waals surface area contributed by atoms with E-state index in [1.807, 2.05) is 30.3 Å². The van der Waals surface area contributed by atoms with Crippen LogP contribution in [0.4, 0.5) is 23.0 Å². The van der Waals surface area contributed by atoms with E-state index < -0.39 is 0 Å². The van der Waals surface area contributed by atoms with Crippen LogP contribution in [0.3, 0.4) is 0 Å². The fourth-order valence-corrected chi connectivity index (χ4v) is 2.50. The number of ether oxygens (including phenoxy) is 2. The van der Waals surface area contributed by atoms with Gasteiger partial charge in [0.2, 0.25) is 11.9 Å². The second-order valence-corrected chi connectivity index (χ2v) is 5.91. The van der Waals surface area contributed by atoms with Crippen molar-refractivity contribution in [1.29, 1.82) is 0 Å². The van der Waals surface area contributed by atoms with E-state index in [2.05, 4.69) is 30.6 Å². The molecule has 0 spiro atoms. The Bertz CT molecular complexity index is 1050. The molecule has 2 aromatic carbocycles. The minimum Gasteiger partial charge on any atom is -0.493 e. The maximum Gasteiger partial charge on any atom is 0.225 e. The Hall–Kier alpha value is -4.34. The number of hydrogen-bond acceptors (Lipinski definition) is 6. The summed E-state index contributed by atoms with van der Waals surface area (Å²) in [6, 6.07) is 16.5. The number of rotatable bonds is 6. The number of nitrogens with two attached hydrogens (primary N) is 2. The van der Waals surface area contributed by atoms with Crippen molar-refractivity contribution in [2.24, 2.45) is 21.5 Å². The lowest BCUT2D eigenvalue weighted by Crippen LogP contribution is -2.26. The average Bonchev–Trinajstić information content (AvgIpc) is 2.74. The fourth-order valence-electron chi connectivity index (χ4n) is 2.50. The van der Waals surface area contributed by atoms with Crippen LogP contribution in [-0.2, 0) is 0 Å². The molecule has 3 aromatic rings. The molecule has 1 aromatic heterocycles. The van der Waals surface area contributed by atoms with E-state index in [-0.39, 0.29) is 11.9 Å². The minimum absolute atomic E-state index is 0.0557. The number of nitrogens with one attached hydrogen (secondary N) is 2. The molecule has 6 N–H and O–H groups in total. The number of hydrogen-bond donors (Lipinski definition) is 4. The number of benzene rings is 2. The predicted molar refractivity (Wildman–Crippen MR) is 118 cm³/mol. The van der Waals surface area contributed by atoms with Crippen molar-refractivity contribution in [2.45, 2.75) is 0 Å². The zero-order valence-corrected chi connectivity index (χ0v) is 16.5. The summed E-state index contributed by atoms with van der Waals surface area (Å²) in [5.41, 5.74) is 13.3. The van der Waals surface area contributed by atoms with Gasteiger partial charge >= 0.3 is 0 Å². The van der Waals surface area contributed by atoms with Crippen molar-refractivity contribution in [3.8, 4) is 11.5 Å². The Balaban J connectivity index is 1.70. The number of aromatic nitrogens is 2. The van der Waals surface area contributed by atoms with Gasteiger partial charge in [-0.1, -0.05) is 18.2 Å². The Kier molecular flexibility index (Phi) is 6.62. The highest BCUT2D eigenvalue weighted by molar-refractivity contribution is 6.01. The first-order valence-electron chi connectivity index (χ1n) is 8.89. The molecule has 0 aliphatic carbocycles. The van der Waals surface area contributed by atoms with Gasteiger partial charge in [-0.25, -0.2) is 9.97 Å². The highest BCUT2D eigenvalue weighted by Gasteiger charge is 2.06. The van der Waals surface area contributed by atoms with E-state index in [0.717, 1.165) is 5.69 Å². The zero-order chi connectivity index (χ0) is 21.3. The minimum atomic E-state index is -0.0650. The Morgan fingerprint density at radius 1 is 0.900 bits per heavy atom. The molecule has 30 heavy (non-hydrogen) atoms. The van der Waals surface area contributed by atoms with Crippen LogP contribution < -0.4 is 31.6 Å². The van der Waals surface area contributed by atoms with Gasteiger partial charge in [-0.05, 0) is 24.3 Å². The molecule has 0 amide bonds. The maximum atomic E-state index is 5.92. The van der Waals surface area contributed by atoms with Crippen LogP contribution in [0.2, 0.25) is 0 Å². The van der Waals surface area contributed by atoms with Crippen molar-refractivity contribution in [2.75, 3.05) is 24.9 Å². The van der Waals surface area contributed by atoms with Crippen LogP contribution in [0.5, 0.6) is 11.5 Å². The van der Waals surface area contributed by atoms with Crippen molar-refractivity contribution >= 4 is 34.9 Å². The van der Waals surface area contributed by atoms with Crippen LogP contribution >= 0.6 is 0 Å². The van der Waals surface area contributed by atoms with E-state index in [0.29, 0.717) is 28.8 Å². The van der Waals surface area contributed by atoms with Crippen molar-refractivity contribution in [1.82, 2.24) is 9.97 Å². The third-order valence-electron chi connectivity index (χ3n) is 3.82. The first-order chi connectivity index (χ1) is 14.6. The van der Waals surface area contributed by atoms with Gasteiger partial charge in [-0.3, -0.25) is 0 Å². The van der Waals surface area contributed by atoms with E-state index in [1.165, 1.54) is 6.33 Å². The lowest BCUT2D eigenvalue weighted by Gasteiger charge is -2.10. The first-order valence-corrected chi connectivity index (χ1v) is 8.89. The fraction of sp³-hybridized carbons (Fsp3) is 0.100. The van der Waals surface area contributed by atoms with Crippen LogP contribution in [-0.4, -0.2) is 36.1 Å². The van der Waals surface area contributed by atoms with Gasteiger partial charge in [0.15, 0.2) is 17.3 Å². The number of anilines is 3.